The third kappa shape index (κ3) is 7.39. The molecule has 2 aromatic rings. The quantitative estimate of drug-likeness (QED) is 0.570. The maximum atomic E-state index is 13.1. The molecule has 0 fully saturated rings. The van der Waals surface area contributed by atoms with Gasteiger partial charge in [-0.2, -0.15) is 0 Å². The molecule has 0 saturated carbocycles. The van der Waals surface area contributed by atoms with Crippen molar-refractivity contribution in [3.8, 4) is 0 Å². The van der Waals surface area contributed by atoms with Crippen molar-refractivity contribution in [2.75, 3.05) is 0 Å². The Hall–Kier alpha value is -3.08. The third-order valence-electron chi connectivity index (χ3n) is 3.87. The molecule has 5 heteroatoms. The van der Waals surface area contributed by atoms with Gasteiger partial charge in [-0.1, -0.05) is 72.8 Å². The van der Waals surface area contributed by atoms with Gasteiger partial charge in [0.15, 0.2) is 0 Å². The zero-order chi connectivity index (χ0) is 22.4. The molecule has 0 spiro atoms. The summed E-state index contributed by atoms with van der Waals surface area (Å²) in [5, 5.41) is 0. The van der Waals surface area contributed by atoms with Crippen LogP contribution in [0.2, 0.25) is 0 Å². The summed E-state index contributed by atoms with van der Waals surface area (Å²) < 4.78 is 11.1. The van der Waals surface area contributed by atoms with E-state index in [4.69, 9.17) is 9.47 Å². The van der Waals surface area contributed by atoms with Crippen molar-refractivity contribution in [3.63, 3.8) is 0 Å². The molecule has 0 aliphatic carbocycles. The molecule has 0 aliphatic heterocycles. The van der Waals surface area contributed by atoms with Crippen molar-refractivity contribution in [1.29, 1.82) is 0 Å². The highest BCUT2D eigenvalue weighted by atomic mass is 16.6. The monoisotopic (exact) mass is 409 g/mol. The Bertz CT molecular complexity index is 834. The molecule has 2 aromatic carbocycles. The van der Waals surface area contributed by atoms with Crippen LogP contribution in [0.1, 0.15) is 58.7 Å². The minimum atomic E-state index is -0.762. The van der Waals surface area contributed by atoms with Gasteiger partial charge in [0.05, 0.1) is 6.04 Å². The fourth-order valence-corrected chi connectivity index (χ4v) is 2.69. The molecule has 0 heterocycles. The van der Waals surface area contributed by atoms with Crippen LogP contribution in [0.4, 0.5) is 9.59 Å². The molecule has 5 nitrogen and oxygen atoms in total. The van der Waals surface area contributed by atoms with E-state index in [1.807, 2.05) is 66.7 Å². The number of benzene rings is 2. The van der Waals surface area contributed by atoms with Crippen molar-refractivity contribution < 1.29 is 19.1 Å². The van der Waals surface area contributed by atoms with E-state index in [0.717, 1.165) is 16.0 Å². The van der Waals surface area contributed by atoms with Gasteiger partial charge in [-0.25, -0.2) is 14.5 Å². The summed E-state index contributed by atoms with van der Waals surface area (Å²) in [4.78, 5) is 27.2. The number of rotatable bonds is 4. The second-order valence-electron chi connectivity index (χ2n) is 8.96. The highest BCUT2D eigenvalue weighted by Gasteiger charge is 2.36. The lowest BCUT2D eigenvalue weighted by Gasteiger charge is -2.32. The van der Waals surface area contributed by atoms with Gasteiger partial charge in [0.25, 0.3) is 0 Å². The topological polar surface area (TPSA) is 55.8 Å². The summed E-state index contributed by atoms with van der Waals surface area (Å²) in [5.74, 6) is 0. The molecule has 1 atom stereocenters. The van der Waals surface area contributed by atoms with Crippen molar-refractivity contribution in [2.45, 2.75) is 58.8 Å². The number of carbonyl (C=O) groups is 2. The second kappa shape index (κ2) is 9.61. The van der Waals surface area contributed by atoms with Crippen molar-refractivity contribution >= 4 is 18.3 Å². The molecule has 0 bridgehead atoms. The Balaban J connectivity index is 2.51. The fraction of sp³-hybridized carbons (Fsp3) is 0.360. The number of carbonyl (C=O) groups excluding carboxylic acids is 2. The van der Waals surface area contributed by atoms with Gasteiger partial charge in [0, 0.05) is 0 Å². The van der Waals surface area contributed by atoms with E-state index in [1.54, 1.807) is 47.6 Å². The summed E-state index contributed by atoms with van der Waals surface area (Å²) in [6.07, 6.45) is 2.16. The Morgan fingerprint density at radius 1 is 0.767 bits per heavy atom. The van der Waals surface area contributed by atoms with Crippen LogP contribution in [0.5, 0.6) is 0 Å². The zero-order valence-corrected chi connectivity index (χ0v) is 18.6. The summed E-state index contributed by atoms with van der Waals surface area (Å²) in [6, 6.07) is 18.3. The lowest BCUT2D eigenvalue weighted by Crippen LogP contribution is -2.45. The Kier molecular flexibility index (Phi) is 7.43. The van der Waals surface area contributed by atoms with Gasteiger partial charge in [-0.3, -0.25) is 0 Å². The van der Waals surface area contributed by atoms with E-state index < -0.39 is 29.4 Å². The minimum absolute atomic E-state index is 0.698. The largest absolute Gasteiger partial charge is 0.443 e. The van der Waals surface area contributed by atoms with Crippen LogP contribution in [0, 0.1) is 0 Å². The predicted molar refractivity (Wildman–Crippen MR) is 119 cm³/mol. The summed E-state index contributed by atoms with van der Waals surface area (Å²) in [5.41, 5.74) is 0.192. The smallest absolute Gasteiger partial charge is 0.420 e. The first-order chi connectivity index (χ1) is 14.0. The van der Waals surface area contributed by atoms with Crippen LogP contribution in [-0.4, -0.2) is 28.3 Å². The molecular weight excluding hydrogens is 378 g/mol. The molecule has 30 heavy (non-hydrogen) atoms. The first-order valence-electron chi connectivity index (χ1n) is 10.00. The predicted octanol–water partition coefficient (Wildman–Crippen LogP) is 6.61. The molecule has 0 aliphatic rings. The summed E-state index contributed by atoms with van der Waals surface area (Å²) >= 11 is 0. The van der Waals surface area contributed by atoms with Gasteiger partial charge in [0.1, 0.15) is 11.2 Å². The number of hydrogen-bond acceptors (Lipinski definition) is 4. The van der Waals surface area contributed by atoms with Gasteiger partial charge in [0.2, 0.25) is 0 Å². The Morgan fingerprint density at radius 2 is 1.20 bits per heavy atom. The molecule has 2 amide bonds. The van der Waals surface area contributed by atoms with Gasteiger partial charge < -0.3 is 9.47 Å². The number of amides is 2. The van der Waals surface area contributed by atoms with Crippen molar-refractivity contribution in [3.05, 3.63) is 77.9 Å². The molecule has 0 radical (unpaired) electrons. The first-order valence-corrected chi connectivity index (χ1v) is 10.00. The highest BCUT2D eigenvalue weighted by Crippen LogP contribution is 2.28. The summed E-state index contributed by atoms with van der Waals surface area (Å²) in [7, 11) is 0. The maximum absolute atomic E-state index is 13.1. The van der Waals surface area contributed by atoms with E-state index in [0.29, 0.717) is 0 Å². The lowest BCUT2D eigenvalue weighted by molar-refractivity contribution is -0.00382. The minimum Gasteiger partial charge on any atom is -0.443 e. The van der Waals surface area contributed by atoms with Crippen LogP contribution >= 0.6 is 0 Å². The first kappa shape index (κ1) is 23.2. The SMILES string of the molecule is CC(C)(C)OC(=O)N(C(=O)OC(C)(C)C)[C@@H](/C=C/c1ccccc1)c1ccccc1. The van der Waals surface area contributed by atoms with Crippen molar-refractivity contribution in [2.24, 2.45) is 0 Å². The van der Waals surface area contributed by atoms with Crippen LogP contribution in [0.15, 0.2) is 66.7 Å². The Labute approximate surface area is 179 Å². The molecule has 0 saturated heterocycles. The third-order valence-corrected chi connectivity index (χ3v) is 3.87. The molecule has 0 unspecified atom stereocenters. The van der Waals surface area contributed by atoms with Crippen molar-refractivity contribution in [1.82, 2.24) is 4.90 Å². The average Bonchev–Trinajstić information content (AvgIpc) is 2.63. The average molecular weight is 410 g/mol. The maximum Gasteiger partial charge on any atom is 0.420 e. The molecule has 2 rings (SSSR count). The fourth-order valence-electron chi connectivity index (χ4n) is 2.69. The van der Waals surface area contributed by atoms with Crippen LogP contribution in [0.3, 0.4) is 0 Å². The second-order valence-corrected chi connectivity index (χ2v) is 8.96. The molecule has 160 valence electrons. The number of nitrogens with zero attached hydrogens (tertiary/aromatic N) is 1. The normalized spacial score (nSPS) is 13.0. The van der Waals surface area contributed by atoms with E-state index >= 15 is 0 Å². The number of ether oxygens (including phenoxy) is 2. The van der Waals surface area contributed by atoms with E-state index in [9.17, 15) is 9.59 Å². The van der Waals surface area contributed by atoms with Crippen LogP contribution in [-0.2, 0) is 9.47 Å². The summed E-state index contributed by atoms with van der Waals surface area (Å²) in [6.45, 7) is 10.6. The van der Waals surface area contributed by atoms with Crippen LogP contribution < -0.4 is 0 Å². The highest BCUT2D eigenvalue weighted by molar-refractivity contribution is 5.89. The van der Waals surface area contributed by atoms with E-state index in [1.165, 1.54) is 0 Å². The number of hydrogen-bond donors (Lipinski definition) is 0. The Morgan fingerprint density at radius 3 is 1.63 bits per heavy atom. The standard InChI is InChI=1S/C25H31NO4/c1-24(2,3)29-22(27)26(23(28)30-25(4,5)6)21(20-15-11-8-12-16-20)18-17-19-13-9-7-10-14-19/h7-18,21H,1-6H3/b18-17+/t21-/m0/s1. The van der Waals surface area contributed by atoms with E-state index in [-0.39, 0.29) is 0 Å². The van der Waals surface area contributed by atoms with Gasteiger partial charge in [-0.15, -0.1) is 0 Å². The lowest BCUT2D eigenvalue weighted by atomic mass is 10.0. The van der Waals surface area contributed by atoms with Gasteiger partial charge >= 0.3 is 12.2 Å². The zero-order valence-electron chi connectivity index (χ0n) is 18.6. The molecular formula is C25H31NO4. The van der Waals surface area contributed by atoms with E-state index in [2.05, 4.69) is 0 Å². The van der Waals surface area contributed by atoms with Gasteiger partial charge in [-0.05, 0) is 52.7 Å². The number of imide groups is 1. The van der Waals surface area contributed by atoms with Crippen LogP contribution in [0.25, 0.3) is 6.08 Å². The molecule has 0 N–H and O–H groups in total. The molecule has 0 aromatic heterocycles.